The average Bonchev–Trinajstić information content (AvgIpc) is 2.63. The van der Waals surface area contributed by atoms with Crippen LogP contribution in [0.3, 0.4) is 0 Å². The highest BCUT2D eigenvalue weighted by Crippen LogP contribution is 2.27. The number of aromatic nitrogens is 2. The zero-order valence-corrected chi connectivity index (χ0v) is 15.7. The van der Waals surface area contributed by atoms with E-state index in [2.05, 4.69) is 9.97 Å². The largest absolute Gasteiger partial charge is 0.350 e. The summed E-state index contributed by atoms with van der Waals surface area (Å²) in [4.78, 5) is 32.6. The van der Waals surface area contributed by atoms with E-state index in [1.165, 1.54) is 22.7 Å². The summed E-state index contributed by atoms with van der Waals surface area (Å²) in [6, 6.07) is 11.9. The number of fused-ring (bicyclic) bond motifs is 4. The minimum atomic E-state index is -0.127. The molecule has 0 saturated carbocycles. The highest BCUT2D eigenvalue weighted by atomic mass is 32.1. The molecule has 4 nitrogen and oxygen atoms in total. The Morgan fingerprint density at radius 2 is 1.12 bits per heavy atom. The molecule has 3 aromatic carbocycles. The van der Waals surface area contributed by atoms with Gasteiger partial charge in [0.15, 0.2) is 0 Å². The molecule has 0 unspecified atom stereocenters. The van der Waals surface area contributed by atoms with Crippen molar-refractivity contribution >= 4 is 63.5 Å². The molecule has 0 aliphatic rings. The number of aromatic amines is 2. The fourth-order valence-corrected chi connectivity index (χ4v) is 5.47. The van der Waals surface area contributed by atoms with Gasteiger partial charge in [-0.25, -0.2) is 0 Å². The van der Waals surface area contributed by atoms with Gasteiger partial charge in [0.25, 0.3) is 0 Å². The molecule has 0 spiro atoms. The molecule has 0 bridgehead atoms. The predicted octanol–water partition coefficient (Wildman–Crippen LogP) is 4.98. The van der Waals surface area contributed by atoms with Crippen LogP contribution in [0.5, 0.6) is 0 Å². The van der Waals surface area contributed by atoms with Gasteiger partial charge in [0.05, 0.1) is 20.4 Å². The third kappa shape index (κ3) is 2.19. The van der Waals surface area contributed by atoms with E-state index in [0.717, 1.165) is 31.6 Å². The van der Waals surface area contributed by atoms with Gasteiger partial charge in [0.1, 0.15) is 20.4 Å². The lowest BCUT2D eigenvalue weighted by molar-refractivity contribution is 1.44. The van der Waals surface area contributed by atoms with Crippen molar-refractivity contribution in [3.8, 4) is 0 Å². The van der Waals surface area contributed by atoms with Crippen molar-refractivity contribution in [1.82, 2.24) is 9.97 Å². The van der Waals surface area contributed by atoms with Gasteiger partial charge >= 0.3 is 0 Å². The van der Waals surface area contributed by atoms with Crippen molar-refractivity contribution in [3.05, 3.63) is 68.0 Å². The van der Waals surface area contributed by atoms with Crippen molar-refractivity contribution in [2.75, 3.05) is 0 Å². The van der Waals surface area contributed by atoms with E-state index < -0.39 is 0 Å². The second-order valence-corrected chi connectivity index (χ2v) is 8.62. The average molecular weight is 378 g/mol. The Morgan fingerprint density at radius 3 is 1.54 bits per heavy atom. The second kappa shape index (κ2) is 5.40. The quantitative estimate of drug-likeness (QED) is 0.373. The number of hydrogen-bond acceptors (Lipinski definition) is 4. The minimum Gasteiger partial charge on any atom is -0.350 e. The van der Waals surface area contributed by atoms with Crippen molar-refractivity contribution in [2.24, 2.45) is 0 Å². The first-order valence-electron chi connectivity index (χ1n) is 8.20. The number of benzene rings is 3. The topological polar surface area (TPSA) is 65.7 Å². The fourth-order valence-electron chi connectivity index (χ4n) is 3.21. The standard InChI is InChI=1S/C20H14N2O2S2/c1-9-3-5-11-13(7-9)25-19-15(21-11)18(24)20-16(17(19)23)22-12-6-4-10(2)8-14(12)26-20/h3-8,21-22H,1-2H3. The monoisotopic (exact) mass is 378 g/mol. The summed E-state index contributed by atoms with van der Waals surface area (Å²) in [5, 5.41) is 0. The number of hydrogen-bond donors (Lipinski definition) is 2. The predicted molar refractivity (Wildman–Crippen MR) is 112 cm³/mol. The van der Waals surface area contributed by atoms with Crippen molar-refractivity contribution < 1.29 is 0 Å². The first-order valence-corrected chi connectivity index (χ1v) is 9.83. The Morgan fingerprint density at radius 1 is 0.692 bits per heavy atom. The summed E-state index contributed by atoms with van der Waals surface area (Å²) in [7, 11) is 0. The van der Waals surface area contributed by atoms with Crippen molar-refractivity contribution in [1.29, 1.82) is 0 Å². The molecule has 5 aromatic rings. The molecule has 2 N–H and O–H groups in total. The maximum atomic E-state index is 13.1. The zero-order valence-electron chi connectivity index (χ0n) is 14.1. The van der Waals surface area contributed by atoms with E-state index >= 15 is 0 Å². The highest BCUT2D eigenvalue weighted by molar-refractivity contribution is 7.25. The van der Waals surface area contributed by atoms with Gasteiger partial charge in [-0.2, -0.15) is 0 Å². The molecule has 0 atom stereocenters. The number of rotatable bonds is 0. The molecular weight excluding hydrogens is 364 g/mol. The molecule has 26 heavy (non-hydrogen) atoms. The molecule has 0 fully saturated rings. The smallest absolute Gasteiger partial charge is 0.222 e. The lowest BCUT2D eigenvalue weighted by atomic mass is 10.2. The van der Waals surface area contributed by atoms with Crippen LogP contribution in [-0.2, 0) is 0 Å². The number of aryl methyl sites for hydroxylation is 2. The summed E-state index contributed by atoms with van der Waals surface area (Å²) >= 11 is 2.74. The Hall–Kier alpha value is -2.70. The minimum absolute atomic E-state index is 0.127. The van der Waals surface area contributed by atoms with Gasteiger partial charge in [-0.15, -0.1) is 22.7 Å². The summed E-state index contributed by atoms with van der Waals surface area (Å²) in [5.41, 5.74) is 4.50. The third-order valence-electron chi connectivity index (χ3n) is 4.54. The van der Waals surface area contributed by atoms with Crippen molar-refractivity contribution in [3.63, 3.8) is 0 Å². The molecule has 5 rings (SSSR count). The first kappa shape index (κ1) is 15.5. The Kier molecular flexibility index (Phi) is 3.23. The molecule has 2 aromatic heterocycles. The Balaban J connectivity index is 2.03. The van der Waals surface area contributed by atoms with E-state index in [0.29, 0.717) is 20.4 Å². The maximum Gasteiger partial charge on any atom is 0.222 e. The summed E-state index contributed by atoms with van der Waals surface area (Å²) < 4.78 is 2.87. The van der Waals surface area contributed by atoms with E-state index in [1.807, 2.05) is 50.2 Å². The molecule has 2 heterocycles. The van der Waals surface area contributed by atoms with Crippen LogP contribution >= 0.6 is 22.7 Å². The van der Waals surface area contributed by atoms with Gasteiger partial charge < -0.3 is 9.97 Å². The Bertz CT molecular complexity index is 1380. The maximum absolute atomic E-state index is 13.1. The summed E-state index contributed by atoms with van der Waals surface area (Å²) in [6.07, 6.45) is 0. The van der Waals surface area contributed by atoms with E-state index in [4.69, 9.17) is 0 Å². The Labute approximate surface area is 155 Å². The summed E-state index contributed by atoms with van der Waals surface area (Å²) in [5.74, 6) is 0. The zero-order chi connectivity index (χ0) is 18.0. The lowest BCUT2D eigenvalue weighted by Gasteiger charge is -2.06. The van der Waals surface area contributed by atoms with Gasteiger partial charge in [-0.1, -0.05) is 12.1 Å². The lowest BCUT2D eigenvalue weighted by Crippen LogP contribution is -2.14. The van der Waals surface area contributed by atoms with Crippen LogP contribution in [0.2, 0.25) is 0 Å². The number of H-pyrrole nitrogens is 2. The van der Waals surface area contributed by atoms with Gasteiger partial charge in [0, 0.05) is 0 Å². The molecule has 0 radical (unpaired) electrons. The van der Waals surface area contributed by atoms with Gasteiger partial charge in [0.2, 0.25) is 10.9 Å². The molecule has 0 aliphatic heterocycles. The molecule has 0 amide bonds. The molecule has 128 valence electrons. The van der Waals surface area contributed by atoms with Crippen LogP contribution in [0.1, 0.15) is 11.1 Å². The van der Waals surface area contributed by atoms with Crippen molar-refractivity contribution in [2.45, 2.75) is 13.8 Å². The number of nitrogens with one attached hydrogen (secondary N) is 2. The fraction of sp³-hybridized carbons (Fsp3) is 0.100. The third-order valence-corrected chi connectivity index (χ3v) is 6.84. The van der Waals surface area contributed by atoms with Gasteiger partial charge in [-0.3, -0.25) is 9.59 Å². The van der Waals surface area contributed by atoms with E-state index in [-0.39, 0.29) is 10.9 Å². The SMILES string of the molecule is Cc1ccc2[nH]c3c(=O)c4sc5cc(C)ccc5[nH]c4c(=O)c3sc2c1. The molecular formula is C20H14N2O2S2. The summed E-state index contributed by atoms with van der Waals surface area (Å²) in [6.45, 7) is 4.02. The molecule has 0 saturated heterocycles. The second-order valence-electron chi connectivity index (χ2n) is 6.52. The van der Waals surface area contributed by atoms with E-state index in [9.17, 15) is 9.59 Å². The van der Waals surface area contributed by atoms with Crippen LogP contribution in [-0.4, -0.2) is 9.97 Å². The van der Waals surface area contributed by atoms with Crippen LogP contribution in [0.4, 0.5) is 0 Å². The van der Waals surface area contributed by atoms with E-state index in [1.54, 1.807) is 0 Å². The molecule has 0 aliphatic carbocycles. The van der Waals surface area contributed by atoms with Crippen LogP contribution in [0.25, 0.3) is 40.9 Å². The normalized spacial score (nSPS) is 11.8. The highest BCUT2D eigenvalue weighted by Gasteiger charge is 2.15. The van der Waals surface area contributed by atoms with Crippen LogP contribution in [0.15, 0.2) is 46.0 Å². The van der Waals surface area contributed by atoms with Gasteiger partial charge in [-0.05, 0) is 49.2 Å². The first-order chi connectivity index (χ1) is 12.5. The van der Waals surface area contributed by atoms with Crippen LogP contribution in [0, 0.1) is 13.8 Å². The molecule has 6 heteroatoms. The van der Waals surface area contributed by atoms with Crippen LogP contribution < -0.4 is 10.9 Å².